The molecule has 1 N–H and O–H groups in total. The fraction of sp³-hybridized carbons (Fsp3) is 0.417. The van der Waals surface area contributed by atoms with Gasteiger partial charge in [0.2, 0.25) is 0 Å². The average Bonchev–Trinajstić information content (AvgIpc) is 2.25. The molecule has 1 atom stereocenters. The van der Waals surface area contributed by atoms with Crippen molar-refractivity contribution in [3.8, 4) is 0 Å². The van der Waals surface area contributed by atoms with Gasteiger partial charge in [-0.3, -0.25) is 4.79 Å². The molecule has 1 aromatic rings. The summed E-state index contributed by atoms with van der Waals surface area (Å²) in [5.41, 5.74) is 0.406. The molecule has 16 heavy (non-hydrogen) atoms. The van der Waals surface area contributed by atoms with Gasteiger partial charge in [0.25, 0.3) is 0 Å². The van der Waals surface area contributed by atoms with Gasteiger partial charge in [-0.15, -0.1) is 0 Å². The average molecular weight is 225 g/mol. The first-order valence-electron chi connectivity index (χ1n) is 5.34. The summed E-state index contributed by atoms with van der Waals surface area (Å²) in [6.07, 6.45) is 0.839. The number of halogens is 2. The van der Waals surface area contributed by atoms with Crippen LogP contribution in [-0.2, 0) is 11.2 Å². The highest BCUT2D eigenvalue weighted by Gasteiger charge is 2.23. The molecule has 1 saturated heterocycles. The number of carbonyl (C=O) groups excluding carboxylic acids is 1. The molecular formula is C12H13F2NO. The second-order valence-electron chi connectivity index (χ2n) is 4.06. The summed E-state index contributed by atoms with van der Waals surface area (Å²) in [4.78, 5) is 11.5. The zero-order chi connectivity index (χ0) is 11.5. The van der Waals surface area contributed by atoms with E-state index >= 15 is 0 Å². The Labute approximate surface area is 92.7 Å². The standard InChI is InChI=1S/C12H13F2NO/c13-10-2-1-8(11(14)6-10)5-9-7-15-4-3-12(9)16/h1-2,6,9,15H,3-5,7H2. The lowest BCUT2D eigenvalue weighted by Crippen LogP contribution is -2.38. The summed E-state index contributed by atoms with van der Waals surface area (Å²) < 4.78 is 26.0. The summed E-state index contributed by atoms with van der Waals surface area (Å²) in [7, 11) is 0. The molecule has 4 heteroatoms. The normalized spacial score (nSPS) is 21.1. The van der Waals surface area contributed by atoms with Crippen molar-refractivity contribution in [1.29, 1.82) is 0 Å². The number of carbonyl (C=O) groups is 1. The van der Waals surface area contributed by atoms with Crippen LogP contribution in [0.1, 0.15) is 12.0 Å². The molecule has 1 heterocycles. The number of hydrogen-bond donors (Lipinski definition) is 1. The summed E-state index contributed by atoms with van der Waals surface area (Å²) >= 11 is 0. The third-order valence-electron chi connectivity index (χ3n) is 2.88. The lowest BCUT2D eigenvalue weighted by atomic mass is 9.91. The maximum absolute atomic E-state index is 13.4. The zero-order valence-electron chi connectivity index (χ0n) is 8.80. The molecule has 1 fully saturated rings. The molecule has 1 unspecified atom stereocenters. The number of ketones is 1. The lowest BCUT2D eigenvalue weighted by Gasteiger charge is -2.21. The fourth-order valence-corrected chi connectivity index (χ4v) is 1.94. The monoisotopic (exact) mass is 225 g/mol. The minimum atomic E-state index is -0.589. The molecule has 0 bridgehead atoms. The van der Waals surface area contributed by atoms with Crippen molar-refractivity contribution in [2.24, 2.45) is 5.92 Å². The van der Waals surface area contributed by atoms with E-state index in [4.69, 9.17) is 0 Å². The van der Waals surface area contributed by atoms with Crippen molar-refractivity contribution in [2.45, 2.75) is 12.8 Å². The third kappa shape index (κ3) is 2.44. The van der Waals surface area contributed by atoms with Crippen molar-refractivity contribution in [1.82, 2.24) is 5.32 Å². The Kier molecular flexibility index (Phi) is 3.29. The van der Waals surface area contributed by atoms with E-state index in [1.54, 1.807) is 0 Å². The van der Waals surface area contributed by atoms with Crippen LogP contribution in [0.15, 0.2) is 18.2 Å². The molecule has 0 radical (unpaired) electrons. The molecule has 2 rings (SSSR count). The van der Waals surface area contributed by atoms with E-state index in [2.05, 4.69) is 5.32 Å². The molecule has 2 nitrogen and oxygen atoms in total. The Morgan fingerprint density at radius 2 is 2.19 bits per heavy atom. The van der Waals surface area contributed by atoms with E-state index in [-0.39, 0.29) is 11.7 Å². The largest absolute Gasteiger partial charge is 0.316 e. The highest BCUT2D eigenvalue weighted by Crippen LogP contribution is 2.17. The van der Waals surface area contributed by atoms with Crippen LogP contribution >= 0.6 is 0 Å². The van der Waals surface area contributed by atoms with Crippen LogP contribution in [0.3, 0.4) is 0 Å². The molecular weight excluding hydrogens is 212 g/mol. The van der Waals surface area contributed by atoms with Crippen LogP contribution in [0, 0.1) is 17.6 Å². The molecule has 1 aromatic carbocycles. The maximum atomic E-state index is 13.4. The van der Waals surface area contributed by atoms with Gasteiger partial charge in [-0.2, -0.15) is 0 Å². The van der Waals surface area contributed by atoms with Crippen LogP contribution < -0.4 is 5.32 Å². The fourth-order valence-electron chi connectivity index (χ4n) is 1.94. The Balaban J connectivity index is 2.10. The van der Waals surface area contributed by atoms with Gasteiger partial charge >= 0.3 is 0 Å². The summed E-state index contributed by atoms with van der Waals surface area (Å²) in [5, 5.41) is 3.10. The minimum absolute atomic E-state index is 0.155. The lowest BCUT2D eigenvalue weighted by molar-refractivity contribution is -0.123. The van der Waals surface area contributed by atoms with Crippen molar-refractivity contribution in [3.63, 3.8) is 0 Å². The van der Waals surface area contributed by atoms with Gasteiger partial charge in [-0.05, 0) is 18.1 Å². The first-order chi connectivity index (χ1) is 7.66. The summed E-state index contributed by atoms with van der Waals surface area (Å²) in [6.45, 7) is 1.27. The third-order valence-corrected chi connectivity index (χ3v) is 2.88. The Morgan fingerprint density at radius 1 is 1.38 bits per heavy atom. The van der Waals surface area contributed by atoms with Gasteiger partial charge in [0.05, 0.1) is 0 Å². The van der Waals surface area contributed by atoms with E-state index in [1.807, 2.05) is 0 Å². The molecule has 0 aliphatic carbocycles. The molecule has 0 aromatic heterocycles. The van der Waals surface area contributed by atoms with E-state index in [9.17, 15) is 13.6 Å². The number of benzene rings is 1. The number of nitrogens with one attached hydrogen (secondary N) is 1. The molecule has 1 aliphatic heterocycles. The number of hydrogen-bond acceptors (Lipinski definition) is 2. The van der Waals surface area contributed by atoms with E-state index in [0.29, 0.717) is 31.5 Å². The molecule has 0 spiro atoms. The molecule has 0 amide bonds. The van der Waals surface area contributed by atoms with E-state index < -0.39 is 11.6 Å². The predicted molar refractivity (Wildman–Crippen MR) is 56.0 cm³/mol. The minimum Gasteiger partial charge on any atom is -0.316 e. The van der Waals surface area contributed by atoms with Crippen LogP contribution in [0.5, 0.6) is 0 Å². The SMILES string of the molecule is O=C1CCNCC1Cc1ccc(F)cc1F. The topological polar surface area (TPSA) is 29.1 Å². The number of Topliss-reactive ketones (excluding diaryl/α,β-unsaturated/α-hetero) is 1. The van der Waals surface area contributed by atoms with Crippen molar-refractivity contribution in [3.05, 3.63) is 35.4 Å². The van der Waals surface area contributed by atoms with Crippen LogP contribution in [0.25, 0.3) is 0 Å². The van der Waals surface area contributed by atoms with Crippen molar-refractivity contribution < 1.29 is 13.6 Å². The van der Waals surface area contributed by atoms with E-state index in [1.165, 1.54) is 12.1 Å². The second-order valence-corrected chi connectivity index (χ2v) is 4.06. The van der Waals surface area contributed by atoms with Crippen molar-refractivity contribution in [2.75, 3.05) is 13.1 Å². The van der Waals surface area contributed by atoms with Crippen LogP contribution in [-0.4, -0.2) is 18.9 Å². The first kappa shape index (κ1) is 11.2. The maximum Gasteiger partial charge on any atom is 0.138 e. The summed E-state index contributed by atoms with van der Waals surface area (Å²) in [6, 6.07) is 3.49. The van der Waals surface area contributed by atoms with Crippen LogP contribution in [0.4, 0.5) is 8.78 Å². The van der Waals surface area contributed by atoms with Gasteiger partial charge in [0.15, 0.2) is 0 Å². The highest BCUT2D eigenvalue weighted by molar-refractivity contribution is 5.82. The van der Waals surface area contributed by atoms with Gasteiger partial charge in [-0.1, -0.05) is 6.07 Å². The van der Waals surface area contributed by atoms with Gasteiger partial charge in [0, 0.05) is 31.5 Å². The summed E-state index contributed by atoms with van der Waals surface area (Å²) in [5.74, 6) is -1.19. The quantitative estimate of drug-likeness (QED) is 0.829. The van der Waals surface area contributed by atoms with Gasteiger partial charge < -0.3 is 5.32 Å². The number of rotatable bonds is 2. The first-order valence-corrected chi connectivity index (χ1v) is 5.34. The van der Waals surface area contributed by atoms with Gasteiger partial charge in [0.1, 0.15) is 17.4 Å². The highest BCUT2D eigenvalue weighted by atomic mass is 19.1. The molecule has 1 aliphatic rings. The van der Waals surface area contributed by atoms with Gasteiger partial charge in [-0.25, -0.2) is 8.78 Å². The molecule has 0 saturated carbocycles. The van der Waals surface area contributed by atoms with Crippen molar-refractivity contribution >= 4 is 5.78 Å². The Hall–Kier alpha value is -1.29. The second kappa shape index (κ2) is 4.70. The predicted octanol–water partition coefficient (Wildman–Crippen LogP) is 1.69. The molecule has 86 valence electrons. The number of piperidine rings is 1. The van der Waals surface area contributed by atoms with Crippen LogP contribution in [0.2, 0.25) is 0 Å². The van der Waals surface area contributed by atoms with E-state index in [0.717, 1.165) is 6.07 Å². The smallest absolute Gasteiger partial charge is 0.138 e. The Morgan fingerprint density at radius 3 is 2.88 bits per heavy atom. The zero-order valence-corrected chi connectivity index (χ0v) is 8.80. The Bertz CT molecular complexity index is 406.